The van der Waals surface area contributed by atoms with Gasteiger partial charge in [-0.2, -0.15) is 0 Å². The van der Waals surface area contributed by atoms with Crippen molar-refractivity contribution in [1.82, 2.24) is 0 Å². The number of rotatable bonds is 8. The lowest BCUT2D eigenvalue weighted by atomic mass is 9.81. The van der Waals surface area contributed by atoms with Crippen LogP contribution < -0.4 is 0 Å². The Morgan fingerprint density at radius 2 is 1.65 bits per heavy atom. The second kappa shape index (κ2) is 8.55. The van der Waals surface area contributed by atoms with Gasteiger partial charge >= 0.3 is 0 Å². The van der Waals surface area contributed by atoms with E-state index in [-0.39, 0.29) is 0 Å². The van der Waals surface area contributed by atoms with Crippen LogP contribution in [0.15, 0.2) is 23.3 Å². The van der Waals surface area contributed by atoms with Crippen LogP contribution in [0.1, 0.15) is 78.6 Å². The van der Waals surface area contributed by atoms with E-state index in [2.05, 4.69) is 32.9 Å². The normalized spacial score (nSPS) is 20.1. The van der Waals surface area contributed by atoms with Gasteiger partial charge in [0, 0.05) is 0 Å². The molecule has 0 aromatic heterocycles. The SMILES string of the molecule is CCCCC1=CC=C(CCCC)C(CCC)C1. The molecular formula is C17H30. The third kappa shape index (κ3) is 5.10. The molecule has 0 saturated carbocycles. The minimum Gasteiger partial charge on any atom is -0.0696 e. The van der Waals surface area contributed by atoms with Gasteiger partial charge in [-0.3, -0.25) is 0 Å². The molecule has 98 valence electrons. The molecule has 1 unspecified atom stereocenters. The Morgan fingerprint density at radius 3 is 2.29 bits per heavy atom. The minimum absolute atomic E-state index is 0.864. The lowest BCUT2D eigenvalue weighted by Crippen LogP contribution is -2.09. The van der Waals surface area contributed by atoms with Crippen LogP contribution in [0.5, 0.6) is 0 Å². The summed E-state index contributed by atoms with van der Waals surface area (Å²) in [5.74, 6) is 0.864. The van der Waals surface area contributed by atoms with Crippen molar-refractivity contribution in [1.29, 1.82) is 0 Å². The Bertz CT molecular complexity index is 257. The predicted octanol–water partition coefficient (Wildman–Crippen LogP) is 6.04. The first-order valence-electron chi connectivity index (χ1n) is 7.70. The third-order valence-electron chi connectivity index (χ3n) is 3.87. The van der Waals surface area contributed by atoms with Gasteiger partial charge in [-0.25, -0.2) is 0 Å². The van der Waals surface area contributed by atoms with Crippen LogP contribution in [-0.2, 0) is 0 Å². The summed E-state index contributed by atoms with van der Waals surface area (Å²) in [6.45, 7) is 6.90. The average Bonchev–Trinajstić information content (AvgIpc) is 2.35. The molecule has 0 spiro atoms. The maximum Gasteiger partial charge on any atom is -0.0163 e. The Labute approximate surface area is 108 Å². The van der Waals surface area contributed by atoms with Crippen LogP contribution >= 0.6 is 0 Å². The van der Waals surface area contributed by atoms with E-state index >= 15 is 0 Å². The molecule has 0 saturated heterocycles. The quantitative estimate of drug-likeness (QED) is 0.480. The summed E-state index contributed by atoms with van der Waals surface area (Å²) < 4.78 is 0. The van der Waals surface area contributed by atoms with E-state index in [1.807, 2.05) is 0 Å². The van der Waals surface area contributed by atoms with Crippen molar-refractivity contribution in [2.45, 2.75) is 78.6 Å². The molecule has 0 heterocycles. The largest absolute Gasteiger partial charge is 0.0696 e. The van der Waals surface area contributed by atoms with Crippen molar-refractivity contribution >= 4 is 0 Å². The van der Waals surface area contributed by atoms with Crippen LogP contribution in [-0.4, -0.2) is 0 Å². The zero-order valence-electron chi connectivity index (χ0n) is 12.1. The van der Waals surface area contributed by atoms with Gasteiger partial charge in [0.15, 0.2) is 0 Å². The fourth-order valence-electron chi connectivity index (χ4n) is 2.77. The van der Waals surface area contributed by atoms with Gasteiger partial charge in [0.1, 0.15) is 0 Å². The van der Waals surface area contributed by atoms with Gasteiger partial charge in [0.05, 0.1) is 0 Å². The van der Waals surface area contributed by atoms with Crippen molar-refractivity contribution in [2.75, 3.05) is 0 Å². The van der Waals surface area contributed by atoms with E-state index < -0.39 is 0 Å². The Morgan fingerprint density at radius 1 is 0.941 bits per heavy atom. The Balaban J connectivity index is 2.57. The zero-order chi connectivity index (χ0) is 12.5. The second-order valence-corrected chi connectivity index (χ2v) is 5.46. The van der Waals surface area contributed by atoms with Gasteiger partial charge in [-0.15, -0.1) is 0 Å². The molecular weight excluding hydrogens is 204 g/mol. The van der Waals surface area contributed by atoms with Crippen molar-refractivity contribution < 1.29 is 0 Å². The van der Waals surface area contributed by atoms with Crippen LogP contribution in [0.25, 0.3) is 0 Å². The van der Waals surface area contributed by atoms with Crippen LogP contribution in [0.4, 0.5) is 0 Å². The molecule has 1 rings (SSSR count). The van der Waals surface area contributed by atoms with E-state index in [4.69, 9.17) is 0 Å². The van der Waals surface area contributed by atoms with Crippen LogP contribution in [0.2, 0.25) is 0 Å². The zero-order valence-corrected chi connectivity index (χ0v) is 12.1. The first kappa shape index (κ1) is 14.5. The second-order valence-electron chi connectivity index (χ2n) is 5.46. The molecule has 17 heavy (non-hydrogen) atoms. The summed E-state index contributed by atoms with van der Waals surface area (Å²) in [6, 6.07) is 0. The summed E-state index contributed by atoms with van der Waals surface area (Å²) in [4.78, 5) is 0. The summed E-state index contributed by atoms with van der Waals surface area (Å²) in [7, 11) is 0. The van der Waals surface area contributed by atoms with Gasteiger partial charge in [-0.1, -0.05) is 63.3 Å². The molecule has 0 fully saturated rings. The van der Waals surface area contributed by atoms with E-state index in [9.17, 15) is 0 Å². The van der Waals surface area contributed by atoms with E-state index in [0.717, 1.165) is 5.92 Å². The lowest BCUT2D eigenvalue weighted by molar-refractivity contribution is 0.504. The van der Waals surface area contributed by atoms with Crippen LogP contribution in [0, 0.1) is 5.92 Å². The fourth-order valence-corrected chi connectivity index (χ4v) is 2.77. The molecule has 0 aromatic carbocycles. The fraction of sp³-hybridized carbons (Fsp3) is 0.765. The van der Waals surface area contributed by atoms with E-state index in [1.165, 1.54) is 57.8 Å². The molecule has 1 aliphatic rings. The van der Waals surface area contributed by atoms with Crippen molar-refractivity contribution in [3.63, 3.8) is 0 Å². The third-order valence-corrected chi connectivity index (χ3v) is 3.87. The Kier molecular flexibility index (Phi) is 7.32. The van der Waals surface area contributed by atoms with Gasteiger partial charge < -0.3 is 0 Å². The van der Waals surface area contributed by atoms with Crippen LogP contribution in [0.3, 0.4) is 0 Å². The summed E-state index contributed by atoms with van der Waals surface area (Å²) in [5, 5.41) is 0. The molecule has 1 atom stereocenters. The molecule has 0 bridgehead atoms. The maximum absolute atomic E-state index is 2.45. The standard InChI is InChI=1S/C17H30/c1-4-7-10-15-12-13-16(11-8-5-2)17(14-15)9-6-3/h12-13,17H,4-11,14H2,1-3H3. The highest BCUT2D eigenvalue weighted by atomic mass is 14.2. The van der Waals surface area contributed by atoms with Gasteiger partial charge in [0.25, 0.3) is 0 Å². The van der Waals surface area contributed by atoms with Crippen molar-refractivity contribution in [2.24, 2.45) is 5.92 Å². The van der Waals surface area contributed by atoms with Gasteiger partial charge in [0.2, 0.25) is 0 Å². The highest BCUT2D eigenvalue weighted by Gasteiger charge is 2.17. The van der Waals surface area contributed by atoms with E-state index in [1.54, 1.807) is 11.1 Å². The molecule has 0 nitrogen and oxygen atoms in total. The first-order valence-corrected chi connectivity index (χ1v) is 7.70. The number of hydrogen-bond donors (Lipinski definition) is 0. The molecule has 0 aliphatic heterocycles. The van der Waals surface area contributed by atoms with Crippen molar-refractivity contribution in [3.8, 4) is 0 Å². The van der Waals surface area contributed by atoms with Crippen molar-refractivity contribution in [3.05, 3.63) is 23.3 Å². The molecule has 0 N–H and O–H groups in total. The summed E-state index contributed by atoms with van der Waals surface area (Å²) >= 11 is 0. The smallest absolute Gasteiger partial charge is 0.0163 e. The highest BCUT2D eigenvalue weighted by molar-refractivity contribution is 5.26. The summed E-state index contributed by atoms with van der Waals surface area (Å²) in [6.07, 6.45) is 17.0. The molecule has 0 heteroatoms. The molecule has 0 aromatic rings. The summed E-state index contributed by atoms with van der Waals surface area (Å²) in [5.41, 5.74) is 3.43. The average molecular weight is 234 g/mol. The first-order chi connectivity index (χ1) is 8.31. The molecule has 0 amide bonds. The molecule has 1 aliphatic carbocycles. The highest BCUT2D eigenvalue weighted by Crippen LogP contribution is 2.33. The number of hydrogen-bond acceptors (Lipinski definition) is 0. The van der Waals surface area contributed by atoms with E-state index in [0.29, 0.717) is 0 Å². The number of allylic oxidation sites excluding steroid dienone is 4. The monoisotopic (exact) mass is 234 g/mol. The predicted molar refractivity (Wildman–Crippen MR) is 78.2 cm³/mol. The molecule has 0 radical (unpaired) electrons. The maximum atomic E-state index is 2.45. The topological polar surface area (TPSA) is 0 Å². The lowest BCUT2D eigenvalue weighted by Gasteiger charge is -2.25. The Hall–Kier alpha value is -0.520. The number of unbranched alkanes of at least 4 members (excludes halogenated alkanes) is 2. The minimum atomic E-state index is 0.864. The van der Waals surface area contributed by atoms with Gasteiger partial charge in [-0.05, 0) is 44.4 Å².